The summed E-state index contributed by atoms with van der Waals surface area (Å²) >= 11 is 1.07. The topological polar surface area (TPSA) is 119 Å². The standard InChI is InChI=1S/C16H17N3O4S/c1-3-22-16(21)13-9(2)19-15(24-8-12(18)20)10(7-17)14(13)11-5-4-6-23-11/h4-6,13-14H,3,8H2,1-2H3,(H2,18,20)/t13?,14-/m0/s1. The summed E-state index contributed by atoms with van der Waals surface area (Å²) in [4.78, 5) is 27.8. The maximum atomic E-state index is 12.4. The van der Waals surface area contributed by atoms with Gasteiger partial charge in [0.1, 0.15) is 16.7 Å². The lowest BCUT2D eigenvalue weighted by atomic mass is 9.80. The Morgan fingerprint density at radius 2 is 2.29 bits per heavy atom. The third-order valence-corrected chi connectivity index (χ3v) is 4.48. The molecule has 1 amide bonds. The zero-order chi connectivity index (χ0) is 17.7. The molecule has 1 unspecified atom stereocenters. The van der Waals surface area contributed by atoms with Gasteiger partial charge in [-0.3, -0.25) is 9.59 Å². The van der Waals surface area contributed by atoms with Crippen LogP contribution in [0.1, 0.15) is 25.5 Å². The largest absolute Gasteiger partial charge is 0.469 e. The third-order valence-electron chi connectivity index (χ3n) is 3.46. The minimum absolute atomic E-state index is 0.00770. The van der Waals surface area contributed by atoms with Gasteiger partial charge in [0.2, 0.25) is 5.91 Å². The van der Waals surface area contributed by atoms with E-state index in [9.17, 15) is 14.9 Å². The van der Waals surface area contributed by atoms with Crippen LogP contribution < -0.4 is 5.73 Å². The summed E-state index contributed by atoms with van der Waals surface area (Å²) in [5.41, 5.74) is 5.93. The second-order valence-corrected chi connectivity index (χ2v) is 6.03. The first-order valence-electron chi connectivity index (χ1n) is 7.30. The van der Waals surface area contributed by atoms with Gasteiger partial charge in [-0.25, -0.2) is 4.99 Å². The Kier molecular flexibility index (Phi) is 5.82. The number of allylic oxidation sites excluding steroid dienone is 1. The maximum Gasteiger partial charge on any atom is 0.315 e. The predicted molar refractivity (Wildman–Crippen MR) is 89.0 cm³/mol. The minimum Gasteiger partial charge on any atom is -0.469 e. The summed E-state index contributed by atoms with van der Waals surface area (Å²) in [6, 6.07) is 5.48. The van der Waals surface area contributed by atoms with Crippen molar-refractivity contribution in [2.75, 3.05) is 12.4 Å². The number of amides is 1. The highest BCUT2D eigenvalue weighted by atomic mass is 32.2. The van der Waals surface area contributed by atoms with E-state index in [0.717, 1.165) is 11.8 Å². The molecule has 0 spiro atoms. The number of hydrogen-bond donors (Lipinski definition) is 1. The van der Waals surface area contributed by atoms with Crippen LogP contribution in [0.5, 0.6) is 0 Å². The maximum absolute atomic E-state index is 12.4. The van der Waals surface area contributed by atoms with Gasteiger partial charge in [-0.05, 0) is 26.0 Å². The zero-order valence-corrected chi connectivity index (χ0v) is 14.1. The van der Waals surface area contributed by atoms with Crippen LogP contribution in [0.25, 0.3) is 0 Å². The van der Waals surface area contributed by atoms with Crippen molar-refractivity contribution in [3.63, 3.8) is 0 Å². The number of rotatable bonds is 6. The quantitative estimate of drug-likeness (QED) is 0.786. The first kappa shape index (κ1) is 17.8. The number of hydrogen-bond acceptors (Lipinski definition) is 7. The van der Waals surface area contributed by atoms with Crippen LogP contribution in [-0.4, -0.2) is 29.9 Å². The number of carbonyl (C=O) groups excluding carboxylic acids is 2. The molecule has 0 bridgehead atoms. The first-order chi connectivity index (χ1) is 11.5. The molecule has 2 N–H and O–H groups in total. The molecule has 2 rings (SSSR count). The lowest BCUT2D eigenvalue weighted by Gasteiger charge is -2.28. The van der Waals surface area contributed by atoms with Crippen LogP contribution in [-0.2, 0) is 14.3 Å². The van der Waals surface area contributed by atoms with E-state index in [0.29, 0.717) is 16.5 Å². The van der Waals surface area contributed by atoms with Crippen molar-refractivity contribution in [3.8, 4) is 6.07 Å². The minimum atomic E-state index is -0.747. The highest BCUT2D eigenvalue weighted by molar-refractivity contribution is 8.03. The van der Waals surface area contributed by atoms with E-state index in [1.165, 1.54) is 6.26 Å². The number of nitrogens with two attached hydrogens (primary N) is 1. The Balaban J connectivity index is 2.50. The Hall–Kier alpha value is -2.53. The summed E-state index contributed by atoms with van der Waals surface area (Å²) < 4.78 is 10.6. The van der Waals surface area contributed by atoms with Gasteiger partial charge in [0.25, 0.3) is 0 Å². The van der Waals surface area contributed by atoms with Crippen LogP contribution in [0.4, 0.5) is 0 Å². The van der Waals surface area contributed by atoms with Crippen molar-refractivity contribution in [1.29, 1.82) is 5.26 Å². The Labute approximate surface area is 143 Å². The molecular formula is C16H17N3O4S. The lowest BCUT2D eigenvalue weighted by Crippen LogP contribution is -2.34. The van der Waals surface area contributed by atoms with E-state index in [2.05, 4.69) is 11.1 Å². The average Bonchev–Trinajstić information content (AvgIpc) is 3.06. The van der Waals surface area contributed by atoms with Crippen molar-refractivity contribution >= 4 is 29.4 Å². The number of primary amides is 1. The van der Waals surface area contributed by atoms with E-state index >= 15 is 0 Å². The molecular weight excluding hydrogens is 330 g/mol. The average molecular weight is 347 g/mol. The molecule has 8 heteroatoms. The number of nitrogens with zero attached hydrogens (tertiary/aromatic N) is 2. The second-order valence-electron chi connectivity index (χ2n) is 5.06. The lowest BCUT2D eigenvalue weighted by molar-refractivity contribution is -0.146. The van der Waals surface area contributed by atoms with Crippen molar-refractivity contribution in [2.24, 2.45) is 16.6 Å². The summed E-state index contributed by atoms with van der Waals surface area (Å²) in [7, 11) is 0. The van der Waals surface area contributed by atoms with E-state index < -0.39 is 23.7 Å². The molecule has 1 aliphatic rings. The van der Waals surface area contributed by atoms with E-state index in [1.807, 2.05) is 0 Å². The van der Waals surface area contributed by atoms with Gasteiger partial charge in [0.05, 0.1) is 36.2 Å². The zero-order valence-electron chi connectivity index (χ0n) is 13.3. The van der Waals surface area contributed by atoms with Crippen LogP contribution in [0.15, 0.2) is 38.4 Å². The normalized spacial score (nSPS) is 20.3. The molecule has 0 saturated carbocycles. The molecule has 0 aliphatic carbocycles. The number of carbonyl (C=O) groups is 2. The fourth-order valence-electron chi connectivity index (χ4n) is 2.51. The number of aliphatic imine (C=N–C) groups is 1. The van der Waals surface area contributed by atoms with Gasteiger partial charge < -0.3 is 14.9 Å². The van der Waals surface area contributed by atoms with Crippen molar-refractivity contribution in [1.82, 2.24) is 0 Å². The van der Waals surface area contributed by atoms with Crippen LogP contribution >= 0.6 is 11.8 Å². The molecule has 2 atom stereocenters. The first-order valence-corrected chi connectivity index (χ1v) is 8.28. The van der Waals surface area contributed by atoms with Gasteiger partial charge in [-0.2, -0.15) is 5.26 Å². The van der Waals surface area contributed by atoms with Crippen LogP contribution in [0.3, 0.4) is 0 Å². The smallest absolute Gasteiger partial charge is 0.315 e. The molecule has 0 aromatic carbocycles. The van der Waals surface area contributed by atoms with E-state index in [1.54, 1.807) is 26.0 Å². The number of esters is 1. The fourth-order valence-corrected chi connectivity index (χ4v) is 3.33. The molecule has 1 aromatic rings. The molecule has 1 aromatic heterocycles. The van der Waals surface area contributed by atoms with Gasteiger partial charge in [0.15, 0.2) is 0 Å². The SMILES string of the molecule is CCOC(=O)C1C(C)=NC(SCC(N)=O)=C(C#N)[C@H]1c1ccco1. The monoisotopic (exact) mass is 347 g/mol. The summed E-state index contributed by atoms with van der Waals surface area (Å²) in [5.74, 6) is -1.91. The molecule has 126 valence electrons. The van der Waals surface area contributed by atoms with Crippen molar-refractivity contribution < 1.29 is 18.7 Å². The number of thioether (sulfide) groups is 1. The molecule has 1 aliphatic heterocycles. The van der Waals surface area contributed by atoms with Gasteiger partial charge in [0, 0.05) is 5.71 Å². The Bertz CT molecular complexity index is 731. The van der Waals surface area contributed by atoms with Crippen LogP contribution in [0, 0.1) is 17.2 Å². The molecule has 0 saturated heterocycles. The Morgan fingerprint density at radius 3 is 2.83 bits per heavy atom. The molecule has 0 radical (unpaired) electrons. The fraction of sp³-hybridized carbons (Fsp3) is 0.375. The molecule has 0 fully saturated rings. The van der Waals surface area contributed by atoms with E-state index in [-0.39, 0.29) is 17.9 Å². The van der Waals surface area contributed by atoms with Gasteiger partial charge in [-0.1, -0.05) is 11.8 Å². The van der Waals surface area contributed by atoms with Crippen molar-refractivity contribution in [3.05, 3.63) is 34.8 Å². The highest BCUT2D eigenvalue weighted by Crippen LogP contribution is 2.42. The number of furan rings is 1. The summed E-state index contributed by atoms with van der Waals surface area (Å²) in [6.45, 7) is 3.63. The predicted octanol–water partition coefficient (Wildman–Crippen LogP) is 1.97. The molecule has 7 nitrogen and oxygen atoms in total. The van der Waals surface area contributed by atoms with Crippen molar-refractivity contribution in [2.45, 2.75) is 19.8 Å². The van der Waals surface area contributed by atoms with Gasteiger partial charge >= 0.3 is 5.97 Å². The summed E-state index contributed by atoms with van der Waals surface area (Å²) in [6.07, 6.45) is 1.48. The molecule has 24 heavy (non-hydrogen) atoms. The highest BCUT2D eigenvalue weighted by Gasteiger charge is 2.42. The molecule has 2 heterocycles. The number of nitriles is 1. The van der Waals surface area contributed by atoms with Crippen LogP contribution in [0.2, 0.25) is 0 Å². The summed E-state index contributed by atoms with van der Waals surface area (Å²) in [5, 5.41) is 9.98. The van der Waals surface area contributed by atoms with E-state index in [4.69, 9.17) is 14.9 Å². The third kappa shape index (κ3) is 3.68. The number of ether oxygens (including phenoxy) is 1. The Morgan fingerprint density at radius 1 is 1.54 bits per heavy atom. The van der Waals surface area contributed by atoms with Gasteiger partial charge in [-0.15, -0.1) is 0 Å². The second kappa shape index (κ2) is 7.84.